The Hall–Kier alpha value is -2.75. The molecule has 0 saturated carbocycles. The van der Waals surface area contributed by atoms with E-state index in [2.05, 4.69) is 10.1 Å². The van der Waals surface area contributed by atoms with E-state index in [9.17, 15) is 17.6 Å². The van der Waals surface area contributed by atoms with Crippen molar-refractivity contribution in [2.75, 3.05) is 5.32 Å². The van der Waals surface area contributed by atoms with Crippen LogP contribution >= 0.6 is 0 Å². The second-order valence-electron chi connectivity index (χ2n) is 3.97. The van der Waals surface area contributed by atoms with E-state index in [1.165, 1.54) is 24.3 Å². The van der Waals surface area contributed by atoms with E-state index in [0.717, 1.165) is 18.2 Å². The first-order chi connectivity index (χ1) is 9.89. The van der Waals surface area contributed by atoms with E-state index in [4.69, 9.17) is 5.26 Å². The van der Waals surface area contributed by atoms with Crippen molar-refractivity contribution in [2.24, 2.45) is 0 Å². The van der Waals surface area contributed by atoms with Crippen LogP contribution in [0.15, 0.2) is 42.5 Å². The predicted octanol–water partition coefficient (Wildman–Crippen LogP) is 4.34. The van der Waals surface area contributed by atoms with Crippen LogP contribution in [-0.2, 0) is 0 Å². The first-order valence-electron chi connectivity index (χ1n) is 5.70. The molecule has 0 fully saturated rings. The fraction of sp³-hybridized carbons (Fsp3) is 0.0714. The van der Waals surface area contributed by atoms with Gasteiger partial charge in [-0.25, -0.2) is 4.39 Å². The number of hydrogen-bond acceptors (Lipinski definition) is 3. The van der Waals surface area contributed by atoms with Gasteiger partial charge in [-0.1, -0.05) is 12.1 Å². The monoisotopic (exact) mass is 296 g/mol. The summed E-state index contributed by atoms with van der Waals surface area (Å²) < 4.78 is 53.6. The fourth-order valence-electron chi connectivity index (χ4n) is 1.67. The number of ether oxygens (including phenoxy) is 1. The van der Waals surface area contributed by atoms with Crippen molar-refractivity contribution in [3.05, 3.63) is 53.8 Å². The second kappa shape index (κ2) is 5.71. The average Bonchev–Trinajstić information content (AvgIpc) is 2.37. The van der Waals surface area contributed by atoms with Crippen LogP contribution in [0.5, 0.6) is 5.75 Å². The highest BCUT2D eigenvalue weighted by Crippen LogP contribution is 2.28. The summed E-state index contributed by atoms with van der Waals surface area (Å²) in [5.74, 6) is -1.13. The van der Waals surface area contributed by atoms with E-state index in [1.807, 2.05) is 0 Å². The molecule has 108 valence electrons. The maximum Gasteiger partial charge on any atom is 0.573 e. The molecule has 0 heterocycles. The predicted molar refractivity (Wildman–Crippen MR) is 67.5 cm³/mol. The van der Waals surface area contributed by atoms with Crippen LogP contribution < -0.4 is 10.1 Å². The van der Waals surface area contributed by atoms with Crippen molar-refractivity contribution in [1.29, 1.82) is 5.26 Å². The molecule has 2 aromatic carbocycles. The Morgan fingerprint density at radius 2 is 1.81 bits per heavy atom. The van der Waals surface area contributed by atoms with Crippen LogP contribution in [0.2, 0.25) is 0 Å². The Labute approximate surface area is 117 Å². The zero-order valence-electron chi connectivity index (χ0n) is 10.4. The van der Waals surface area contributed by atoms with Gasteiger partial charge in [0.1, 0.15) is 23.2 Å². The molecular formula is C14H8F4N2O. The van der Waals surface area contributed by atoms with Gasteiger partial charge in [-0.2, -0.15) is 5.26 Å². The van der Waals surface area contributed by atoms with Crippen LogP contribution in [-0.4, -0.2) is 6.36 Å². The van der Waals surface area contributed by atoms with Gasteiger partial charge in [0.05, 0.1) is 5.69 Å². The molecule has 0 saturated heterocycles. The van der Waals surface area contributed by atoms with Gasteiger partial charge in [-0.05, 0) is 24.3 Å². The summed E-state index contributed by atoms with van der Waals surface area (Å²) in [7, 11) is 0. The molecule has 0 spiro atoms. The maximum absolute atomic E-state index is 13.4. The number of hydrogen-bond donors (Lipinski definition) is 1. The van der Waals surface area contributed by atoms with Gasteiger partial charge in [0.2, 0.25) is 0 Å². The van der Waals surface area contributed by atoms with E-state index in [1.54, 1.807) is 6.07 Å². The summed E-state index contributed by atoms with van der Waals surface area (Å²) in [4.78, 5) is 0. The van der Waals surface area contributed by atoms with Gasteiger partial charge in [0, 0.05) is 11.8 Å². The number of halogens is 4. The Kier molecular flexibility index (Phi) is 3.98. The highest BCUT2D eigenvalue weighted by Gasteiger charge is 2.31. The van der Waals surface area contributed by atoms with Gasteiger partial charge >= 0.3 is 6.36 Å². The number of benzene rings is 2. The zero-order chi connectivity index (χ0) is 15.5. The van der Waals surface area contributed by atoms with E-state index in [0.29, 0.717) is 0 Å². The molecule has 1 N–H and O–H groups in total. The fourth-order valence-corrected chi connectivity index (χ4v) is 1.67. The van der Waals surface area contributed by atoms with Crippen molar-refractivity contribution < 1.29 is 22.3 Å². The van der Waals surface area contributed by atoms with Crippen molar-refractivity contribution in [3.63, 3.8) is 0 Å². The van der Waals surface area contributed by atoms with Crippen molar-refractivity contribution in [2.45, 2.75) is 6.36 Å². The molecule has 21 heavy (non-hydrogen) atoms. The van der Waals surface area contributed by atoms with Crippen LogP contribution in [0.25, 0.3) is 0 Å². The lowest BCUT2D eigenvalue weighted by Crippen LogP contribution is -2.17. The molecule has 2 rings (SSSR count). The molecule has 0 aromatic heterocycles. The normalized spacial score (nSPS) is 10.8. The third-order valence-electron chi connectivity index (χ3n) is 2.47. The number of nitrogens with zero attached hydrogens (tertiary/aromatic N) is 1. The molecule has 3 nitrogen and oxygen atoms in total. The Morgan fingerprint density at radius 1 is 1.10 bits per heavy atom. The first-order valence-corrected chi connectivity index (χ1v) is 5.70. The summed E-state index contributed by atoms with van der Waals surface area (Å²) >= 11 is 0. The highest BCUT2D eigenvalue weighted by atomic mass is 19.4. The largest absolute Gasteiger partial charge is 0.573 e. The van der Waals surface area contributed by atoms with E-state index < -0.39 is 17.9 Å². The molecule has 7 heteroatoms. The lowest BCUT2D eigenvalue weighted by molar-refractivity contribution is -0.274. The second-order valence-corrected chi connectivity index (χ2v) is 3.97. The van der Waals surface area contributed by atoms with Crippen molar-refractivity contribution in [3.8, 4) is 11.8 Å². The zero-order valence-corrected chi connectivity index (χ0v) is 10.4. The molecule has 0 aliphatic rings. The molecule has 0 aliphatic carbocycles. The number of nitriles is 1. The molecular weight excluding hydrogens is 288 g/mol. The van der Waals surface area contributed by atoms with Gasteiger partial charge in [-0.15, -0.1) is 13.2 Å². The minimum atomic E-state index is -4.80. The van der Waals surface area contributed by atoms with Crippen LogP contribution in [0.3, 0.4) is 0 Å². The molecule has 0 unspecified atom stereocenters. The molecule has 2 aromatic rings. The first kappa shape index (κ1) is 14.7. The van der Waals surface area contributed by atoms with Crippen molar-refractivity contribution >= 4 is 11.4 Å². The van der Waals surface area contributed by atoms with Gasteiger partial charge < -0.3 is 10.1 Å². The van der Waals surface area contributed by atoms with Gasteiger partial charge in [0.15, 0.2) is 0 Å². The topological polar surface area (TPSA) is 45.0 Å². The number of nitrogens with one attached hydrogen (secondary N) is 1. The lowest BCUT2D eigenvalue weighted by Gasteiger charge is -2.12. The third-order valence-corrected chi connectivity index (χ3v) is 2.47. The Bertz CT molecular complexity index is 692. The molecule has 0 atom stereocenters. The SMILES string of the molecule is N#Cc1c(F)cccc1Nc1cccc(OC(F)(F)F)c1. The summed E-state index contributed by atoms with van der Waals surface area (Å²) in [6, 6.07) is 10.7. The lowest BCUT2D eigenvalue weighted by atomic mass is 10.1. The van der Waals surface area contributed by atoms with Crippen LogP contribution in [0.4, 0.5) is 28.9 Å². The van der Waals surface area contributed by atoms with E-state index >= 15 is 0 Å². The maximum atomic E-state index is 13.4. The highest BCUT2D eigenvalue weighted by molar-refractivity contribution is 5.67. The standard InChI is InChI=1S/C14H8F4N2O/c15-12-5-2-6-13(11(12)8-19)20-9-3-1-4-10(7-9)21-14(16,17)18/h1-7,20H. The smallest absolute Gasteiger partial charge is 0.406 e. The quantitative estimate of drug-likeness (QED) is 0.857. The van der Waals surface area contributed by atoms with Crippen LogP contribution in [0.1, 0.15) is 5.56 Å². The third kappa shape index (κ3) is 3.86. The van der Waals surface area contributed by atoms with Crippen LogP contribution in [0, 0.1) is 17.1 Å². The summed E-state index contributed by atoms with van der Waals surface area (Å²) in [6.07, 6.45) is -4.80. The summed E-state index contributed by atoms with van der Waals surface area (Å²) in [5.41, 5.74) is 0.167. The van der Waals surface area contributed by atoms with Gasteiger partial charge in [-0.3, -0.25) is 0 Å². The molecule has 0 radical (unpaired) electrons. The molecule has 0 amide bonds. The minimum Gasteiger partial charge on any atom is -0.406 e. The number of anilines is 2. The Balaban J connectivity index is 2.27. The molecule has 0 bridgehead atoms. The summed E-state index contributed by atoms with van der Waals surface area (Å²) in [5, 5.41) is 11.6. The number of rotatable bonds is 3. The minimum absolute atomic E-state index is 0.154. The number of alkyl halides is 3. The van der Waals surface area contributed by atoms with Crippen molar-refractivity contribution in [1.82, 2.24) is 0 Å². The average molecular weight is 296 g/mol. The molecule has 0 aliphatic heterocycles. The van der Waals surface area contributed by atoms with E-state index in [-0.39, 0.29) is 16.9 Å². The van der Waals surface area contributed by atoms with Gasteiger partial charge in [0.25, 0.3) is 0 Å². The summed E-state index contributed by atoms with van der Waals surface area (Å²) in [6.45, 7) is 0. The Morgan fingerprint density at radius 3 is 2.48 bits per heavy atom.